The normalized spacial score (nSPS) is 19.4. The molecule has 0 aliphatic heterocycles. The van der Waals surface area contributed by atoms with Crippen LogP contribution in [0.5, 0.6) is 0 Å². The second-order valence-electron chi connectivity index (χ2n) is 7.42. The zero-order chi connectivity index (χ0) is 15.4. The van der Waals surface area contributed by atoms with Crippen molar-refractivity contribution in [1.82, 2.24) is 15.5 Å². The summed E-state index contributed by atoms with van der Waals surface area (Å²) >= 11 is 0. The van der Waals surface area contributed by atoms with Crippen LogP contribution >= 0.6 is 0 Å². The molecule has 1 atom stereocenters. The molecule has 1 aliphatic rings. The van der Waals surface area contributed by atoms with Crippen LogP contribution in [0.2, 0.25) is 0 Å². The lowest BCUT2D eigenvalue weighted by Crippen LogP contribution is -2.53. The molecule has 5 nitrogen and oxygen atoms in total. The zero-order valence-corrected chi connectivity index (χ0v) is 13.6. The van der Waals surface area contributed by atoms with Crippen LogP contribution in [0.15, 0.2) is 0 Å². The maximum atomic E-state index is 12.0. The number of carbonyl (C=O) groups is 1. The molecule has 0 aromatic carbocycles. The Morgan fingerprint density at radius 2 is 1.95 bits per heavy atom. The third-order valence-electron chi connectivity index (χ3n) is 4.08. The minimum atomic E-state index is -0.668. The summed E-state index contributed by atoms with van der Waals surface area (Å²) in [6, 6.07) is -0.0649. The number of carbonyl (C=O) groups excluding carboxylic acids is 1. The van der Waals surface area contributed by atoms with Crippen LogP contribution in [0.3, 0.4) is 0 Å². The third-order valence-corrected chi connectivity index (χ3v) is 4.08. The molecule has 118 valence electrons. The molecule has 5 heteroatoms. The van der Waals surface area contributed by atoms with Gasteiger partial charge in [0.25, 0.3) is 0 Å². The minimum absolute atomic E-state index is 0.0146. The largest absolute Gasteiger partial charge is 0.388 e. The van der Waals surface area contributed by atoms with Gasteiger partial charge >= 0.3 is 6.03 Å². The van der Waals surface area contributed by atoms with E-state index < -0.39 is 5.60 Å². The van der Waals surface area contributed by atoms with E-state index in [-0.39, 0.29) is 17.5 Å². The highest BCUT2D eigenvalue weighted by atomic mass is 16.3. The van der Waals surface area contributed by atoms with Crippen LogP contribution < -0.4 is 10.6 Å². The van der Waals surface area contributed by atoms with Crippen molar-refractivity contribution in [2.45, 2.75) is 58.1 Å². The SMILES string of the molecule is CN(C)CCC(NC(=O)NCC1(O)CCC1)C(C)(C)C. The van der Waals surface area contributed by atoms with Gasteiger partial charge in [0.2, 0.25) is 0 Å². The highest BCUT2D eigenvalue weighted by Gasteiger charge is 2.35. The van der Waals surface area contributed by atoms with Crippen molar-refractivity contribution in [3.05, 3.63) is 0 Å². The average Bonchev–Trinajstić information content (AvgIpc) is 2.27. The topological polar surface area (TPSA) is 64.6 Å². The number of nitrogens with one attached hydrogen (secondary N) is 2. The van der Waals surface area contributed by atoms with Gasteiger partial charge in [0.1, 0.15) is 0 Å². The molecule has 20 heavy (non-hydrogen) atoms. The van der Waals surface area contributed by atoms with Crippen LogP contribution in [0, 0.1) is 5.41 Å². The molecule has 0 heterocycles. The Bertz CT molecular complexity index is 320. The third kappa shape index (κ3) is 5.67. The Hall–Kier alpha value is -0.810. The molecule has 0 radical (unpaired) electrons. The van der Waals surface area contributed by atoms with Crippen molar-refractivity contribution < 1.29 is 9.90 Å². The second kappa shape index (κ2) is 6.76. The minimum Gasteiger partial charge on any atom is -0.388 e. The molecule has 0 saturated heterocycles. The Kier molecular flexibility index (Phi) is 5.83. The molecule has 1 saturated carbocycles. The highest BCUT2D eigenvalue weighted by molar-refractivity contribution is 5.74. The van der Waals surface area contributed by atoms with Crippen LogP contribution in [-0.4, -0.2) is 54.9 Å². The number of aliphatic hydroxyl groups is 1. The first-order chi connectivity index (χ1) is 9.12. The van der Waals surface area contributed by atoms with E-state index in [0.29, 0.717) is 6.54 Å². The number of urea groups is 1. The van der Waals surface area contributed by atoms with Crippen LogP contribution in [-0.2, 0) is 0 Å². The van der Waals surface area contributed by atoms with Crippen molar-refractivity contribution >= 4 is 6.03 Å². The number of amides is 2. The lowest BCUT2D eigenvalue weighted by Gasteiger charge is -2.37. The van der Waals surface area contributed by atoms with Gasteiger partial charge in [-0.15, -0.1) is 0 Å². The fourth-order valence-electron chi connectivity index (χ4n) is 2.32. The highest BCUT2D eigenvalue weighted by Crippen LogP contribution is 2.30. The van der Waals surface area contributed by atoms with E-state index in [1.165, 1.54) is 0 Å². The number of hydrogen-bond donors (Lipinski definition) is 3. The lowest BCUT2D eigenvalue weighted by molar-refractivity contribution is -0.0291. The van der Waals surface area contributed by atoms with Crippen molar-refractivity contribution in [2.75, 3.05) is 27.2 Å². The van der Waals surface area contributed by atoms with E-state index >= 15 is 0 Å². The summed E-state index contributed by atoms with van der Waals surface area (Å²) in [5, 5.41) is 15.8. The molecule has 0 bridgehead atoms. The van der Waals surface area contributed by atoms with E-state index in [1.54, 1.807) is 0 Å². The lowest BCUT2D eigenvalue weighted by atomic mass is 9.80. The molecule has 1 aliphatic carbocycles. The van der Waals surface area contributed by atoms with Crippen molar-refractivity contribution in [2.24, 2.45) is 5.41 Å². The molecular formula is C15H31N3O2. The predicted octanol–water partition coefficient (Wildman–Crippen LogP) is 1.57. The first kappa shape index (κ1) is 17.2. The summed E-state index contributed by atoms with van der Waals surface area (Å²) in [6.45, 7) is 7.68. The van der Waals surface area contributed by atoms with Crippen molar-refractivity contribution in [3.63, 3.8) is 0 Å². The summed E-state index contributed by atoms with van der Waals surface area (Å²) in [6.07, 6.45) is 3.54. The Morgan fingerprint density at radius 1 is 1.35 bits per heavy atom. The van der Waals surface area contributed by atoms with Crippen LogP contribution in [0.25, 0.3) is 0 Å². The number of rotatable bonds is 6. The van der Waals surface area contributed by atoms with Crippen LogP contribution in [0.1, 0.15) is 46.5 Å². The van der Waals surface area contributed by atoms with Crippen molar-refractivity contribution in [3.8, 4) is 0 Å². The van der Waals surface area contributed by atoms with Gasteiger partial charge in [-0.05, 0) is 51.7 Å². The van der Waals surface area contributed by atoms with Gasteiger partial charge in [0, 0.05) is 12.6 Å². The van der Waals surface area contributed by atoms with Gasteiger partial charge < -0.3 is 20.6 Å². The Balaban J connectivity index is 2.40. The van der Waals surface area contributed by atoms with E-state index in [2.05, 4.69) is 36.3 Å². The van der Waals surface area contributed by atoms with Gasteiger partial charge in [-0.25, -0.2) is 4.79 Å². The molecule has 0 aromatic rings. The first-order valence-corrected chi connectivity index (χ1v) is 7.54. The Labute approximate surface area is 123 Å². The molecule has 1 unspecified atom stereocenters. The summed E-state index contributed by atoms with van der Waals surface area (Å²) < 4.78 is 0. The molecule has 1 fully saturated rings. The maximum Gasteiger partial charge on any atom is 0.315 e. The van der Waals surface area contributed by atoms with Gasteiger partial charge in [-0.2, -0.15) is 0 Å². The standard InChI is InChI=1S/C15H31N3O2/c1-14(2,3)12(7-10-18(4)5)17-13(19)16-11-15(20)8-6-9-15/h12,20H,6-11H2,1-5H3,(H2,16,17,19). The maximum absolute atomic E-state index is 12.0. The average molecular weight is 285 g/mol. The summed E-state index contributed by atoms with van der Waals surface area (Å²) in [7, 11) is 4.07. The molecule has 2 amide bonds. The van der Waals surface area contributed by atoms with Crippen molar-refractivity contribution in [1.29, 1.82) is 0 Å². The molecule has 0 spiro atoms. The van der Waals surface area contributed by atoms with E-state index in [1.807, 2.05) is 14.1 Å². The van der Waals surface area contributed by atoms with E-state index in [9.17, 15) is 9.90 Å². The van der Waals surface area contributed by atoms with Gasteiger partial charge in [0.15, 0.2) is 0 Å². The van der Waals surface area contributed by atoms with E-state index in [4.69, 9.17) is 0 Å². The molecule has 3 N–H and O–H groups in total. The summed E-state index contributed by atoms with van der Waals surface area (Å²) in [5.41, 5.74) is -0.654. The smallest absolute Gasteiger partial charge is 0.315 e. The van der Waals surface area contributed by atoms with Gasteiger partial charge in [0.05, 0.1) is 5.60 Å². The Morgan fingerprint density at radius 3 is 2.35 bits per heavy atom. The molecular weight excluding hydrogens is 254 g/mol. The second-order valence-corrected chi connectivity index (χ2v) is 7.42. The molecule has 0 aromatic heterocycles. The predicted molar refractivity (Wildman–Crippen MR) is 81.7 cm³/mol. The fourth-order valence-corrected chi connectivity index (χ4v) is 2.32. The monoisotopic (exact) mass is 285 g/mol. The summed E-state index contributed by atoms with van der Waals surface area (Å²) in [4.78, 5) is 14.1. The fraction of sp³-hybridized carbons (Fsp3) is 0.933. The number of nitrogens with zero attached hydrogens (tertiary/aromatic N) is 1. The van der Waals surface area contributed by atoms with Gasteiger partial charge in [-0.3, -0.25) is 0 Å². The van der Waals surface area contributed by atoms with E-state index in [0.717, 1.165) is 32.2 Å². The quantitative estimate of drug-likeness (QED) is 0.694. The summed E-state index contributed by atoms with van der Waals surface area (Å²) in [5.74, 6) is 0. The van der Waals surface area contributed by atoms with Crippen LogP contribution in [0.4, 0.5) is 4.79 Å². The first-order valence-electron chi connectivity index (χ1n) is 7.54. The van der Waals surface area contributed by atoms with Gasteiger partial charge in [-0.1, -0.05) is 20.8 Å². The molecule has 1 rings (SSSR count). The zero-order valence-electron chi connectivity index (χ0n) is 13.6. The number of hydrogen-bond acceptors (Lipinski definition) is 3.